The lowest BCUT2D eigenvalue weighted by atomic mass is 9.68. The number of fused-ring (bicyclic) bond motifs is 14. The van der Waals surface area contributed by atoms with Gasteiger partial charge in [-0.1, -0.05) is 128 Å². The van der Waals surface area contributed by atoms with Gasteiger partial charge in [0.15, 0.2) is 0 Å². The van der Waals surface area contributed by atoms with Crippen molar-refractivity contribution >= 4 is 80.7 Å². The number of thiophene rings is 1. The molecule has 300 valence electrons. The maximum atomic E-state index is 2.61. The summed E-state index contributed by atoms with van der Waals surface area (Å²) in [7, 11) is 0. The number of hydrogen-bond donors (Lipinski definition) is 0. The van der Waals surface area contributed by atoms with Crippen molar-refractivity contribution in [2.24, 2.45) is 0 Å². The van der Waals surface area contributed by atoms with Crippen molar-refractivity contribution in [2.45, 2.75) is 50.4 Å². The molecule has 0 bridgehead atoms. The SMILES string of the molecule is C1=CCCC(c2ccc(-n3c4cc(-c5ccc6c(c5)c5ccccc5n6-c5ccc6sc7ccccc7c6c5)ccc4c4cc5c(cc43)-c3ccccc3C53CCCCC3)cc2)=C1. The Bertz CT molecular complexity index is 3760. The van der Waals surface area contributed by atoms with Gasteiger partial charge in [-0.15, -0.1) is 11.3 Å². The zero-order chi connectivity index (χ0) is 41.2. The van der Waals surface area contributed by atoms with E-state index in [1.807, 2.05) is 11.3 Å². The first-order valence-electron chi connectivity index (χ1n) is 22.8. The van der Waals surface area contributed by atoms with Crippen LogP contribution < -0.4 is 0 Å². The van der Waals surface area contributed by atoms with E-state index >= 15 is 0 Å². The van der Waals surface area contributed by atoms with E-state index in [2.05, 4.69) is 191 Å². The van der Waals surface area contributed by atoms with Crippen molar-refractivity contribution in [3.8, 4) is 33.6 Å². The van der Waals surface area contributed by atoms with Gasteiger partial charge in [-0.3, -0.25) is 0 Å². The summed E-state index contributed by atoms with van der Waals surface area (Å²) in [5, 5.41) is 7.86. The minimum atomic E-state index is 0.106. The Morgan fingerprint density at radius 3 is 2.00 bits per heavy atom. The largest absolute Gasteiger partial charge is 0.309 e. The molecule has 0 amide bonds. The lowest BCUT2D eigenvalue weighted by molar-refractivity contribution is 0.353. The van der Waals surface area contributed by atoms with Gasteiger partial charge in [-0.2, -0.15) is 0 Å². The van der Waals surface area contributed by atoms with Gasteiger partial charge < -0.3 is 9.13 Å². The molecule has 0 unspecified atom stereocenters. The number of rotatable bonds is 4. The third kappa shape index (κ3) is 5.18. The normalized spacial score (nSPS) is 15.7. The summed E-state index contributed by atoms with van der Waals surface area (Å²) in [6.07, 6.45) is 15.3. The summed E-state index contributed by atoms with van der Waals surface area (Å²) in [6.45, 7) is 0. The zero-order valence-corrected chi connectivity index (χ0v) is 35.9. The molecule has 0 N–H and O–H groups in total. The second kappa shape index (κ2) is 13.5. The maximum absolute atomic E-state index is 2.61. The minimum absolute atomic E-state index is 0.106. The van der Waals surface area contributed by atoms with Crippen LogP contribution in [0.2, 0.25) is 0 Å². The van der Waals surface area contributed by atoms with Crippen LogP contribution in [0, 0.1) is 0 Å². The van der Waals surface area contributed by atoms with Crippen LogP contribution in [0.5, 0.6) is 0 Å². The highest BCUT2D eigenvalue weighted by molar-refractivity contribution is 7.25. The highest BCUT2D eigenvalue weighted by Gasteiger charge is 2.44. The highest BCUT2D eigenvalue weighted by atomic mass is 32.1. The Hall–Kier alpha value is -6.94. The lowest BCUT2D eigenvalue weighted by Crippen LogP contribution is -2.27. The van der Waals surface area contributed by atoms with Crippen LogP contribution in [0.15, 0.2) is 182 Å². The fourth-order valence-corrected chi connectivity index (χ4v) is 13.2. The van der Waals surface area contributed by atoms with Gasteiger partial charge >= 0.3 is 0 Å². The molecule has 8 aromatic carbocycles. The first kappa shape index (κ1) is 35.6. The van der Waals surface area contributed by atoms with E-state index in [1.54, 1.807) is 11.1 Å². The predicted molar refractivity (Wildman–Crippen MR) is 269 cm³/mol. The molecule has 3 aromatic heterocycles. The van der Waals surface area contributed by atoms with Gasteiger partial charge in [0.2, 0.25) is 0 Å². The number of hydrogen-bond acceptors (Lipinski definition) is 1. The molecule has 1 fully saturated rings. The van der Waals surface area contributed by atoms with Crippen LogP contribution >= 0.6 is 11.3 Å². The van der Waals surface area contributed by atoms with Crippen LogP contribution in [0.3, 0.4) is 0 Å². The Labute approximate surface area is 370 Å². The molecule has 3 aliphatic rings. The van der Waals surface area contributed by atoms with Crippen molar-refractivity contribution in [3.05, 3.63) is 199 Å². The molecule has 3 heterocycles. The van der Waals surface area contributed by atoms with Crippen LogP contribution in [0.4, 0.5) is 0 Å². The van der Waals surface area contributed by atoms with Crippen molar-refractivity contribution < 1.29 is 0 Å². The number of nitrogens with zero attached hydrogens (tertiary/aromatic N) is 2. The standard InChI is InChI=1S/C60H44N2S/c1-3-13-38(14-4-1)39-21-25-42(26-22-39)61-56-34-41(23-28-46(56)50-36-53-48(37-57(50)61)44-15-5-8-18-52(44)60(53)31-11-2-12-32-60)40-24-29-55-49(33-40)45-16-6-9-19-54(45)62(55)43-27-30-59-51(35-43)47-17-7-10-20-58(47)63-59/h1,3,5-10,13,15-30,33-37H,2,4,11-12,14,31-32H2. The number of benzene rings is 8. The molecule has 1 spiro atoms. The second-order valence-corrected chi connectivity index (χ2v) is 19.3. The summed E-state index contributed by atoms with van der Waals surface area (Å²) in [6, 6.07) is 62.9. The summed E-state index contributed by atoms with van der Waals surface area (Å²) in [5.41, 5.74) is 18.6. The Balaban J connectivity index is 0.968. The first-order valence-corrected chi connectivity index (χ1v) is 23.7. The molecular formula is C60H44N2S. The van der Waals surface area contributed by atoms with Gasteiger partial charge in [0.25, 0.3) is 0 Å². The highest BCUT2D eigenvalue weighted by Crippen LogP contribution is 2.57. The lowest BCUT2D eigenvalue weighted by Gasteiger charge is -2.36. The summed E-state index contributed by atoms with van der Waals surface area (Å²) in [5.74, 6) is 0. The third-order valence-electron chi connectivity index (χ3n) is 15.0. The van der Waals surface area contributed by atoms with Crippen molar-refractivity contribution in [1.82, 2.24) is 9.13 Å². The first-order chi connectivity index (χ1) is 31.2. The number of para-hydroxylation sites is 1. The molecule has 3 heteroatoms. The number of allylic oxidation sites excluding steroid dienone is 4. The quantitative estimate of drug-likeness (QED) is 0.167. The molecule has 0 radical (unpaired) electrons. The summed E-state index contributed by atoms with van der Waals surface area (Å²) >= 11 is 1.87. The second-order valence-electron chi connectivity index (χ2n) is 18.2. The van der Waals surface area contributed by atoms with E-state index < -0.39 is 0 Å². The van der Waals surface area contributed by atoms with E-state index in [-0.39, 0.29) is 5.41 Å². The van der Waals surface area contributed by atoms with Crippen LogP contribution in [-0.4, -0.2) is 9.13 Å². The van der Waals surface area contributed by atoms with E-state index in [4.69, 9.17) is 0 Å². The fraction of sp³-hybridized carbons (Fsp3) is 0.133. The van der Waals surface area contributed by atoms with E-state index in [0.29, 0.717) is 0 Å². The van der Waals surface area contributed by atoms with E-state index in [1.165, 1.54) is 141 Å². The monoisotopic (exact) mass is 824 g/mol. The van der Waals surface area contributed by atoms with Crippen molar-refractivity contribution in [1.29, 1.82) is 0 Å². The molecule has 3 aliphatic carbocycles. The van der Waals surface area contributed by atoms with Gasteiger partial charge in [-0.05, 0) is 143 Å². The molecule has 11 aromatic rings. The molecule has 63 heavy (non-hydrogen) atoms. The third-order valence-corrected chi connectivity index (χ3v) is 16.1. The maximum Gasteiger partial charge on any atom is 0.0547 e. The molecule has 14 rings (SSSR count). The van der Waals surface area contributed by atoms with Crippen LogP contribution in [0.25, 0.3) is 103 Å². The average Bonchev–Trinajstić information content (AvgIpc) is 4.06. The smallest absolute Gasteiger partial charge is 0.0547 e. The van der Waals surface area contributed by atoms with Gasteiger partial charge in [-0.25, -0.2) is 0 Å². The van der Waals surface area contributed by atoms with E-state index in [9.17, 15) is 0 Å². The number of aromatic nitrogens is 2. The average molecular weight is 825 g/mol. The van der Waals surface area contributed by atoms with Gasteiger partial charge in [0.1, 0.15) is 0 Å². The van der Waals surface area contributed by atoms with Gasteiger partial charge in [0, 0.05) is 58.5 Å². The Morgan fingerprint density at radius 2 is 1.11 bits per heavy atom. The topological polar surface area (TPSA) is 9.86 Å². The Morgan fingerprint density at radius 1 is 0.429 bits per heavy atom. The molecule has 0 atom stereocenters. The molecule has 0 aliphatic heterocycles. The predicted octanol–water partition coefficient (Wildman–Crippen LogP) is 16.9. The zero-order valence-electron chi connectivity index (χ0n) is 35.1. The summed E-state index contributed by atoms with van der Waals surface area (Å²) in [4.78, 5) is 0. The fourth-order valence-electron chi connectivity index (χ4n) is 12.1. The summed E-state index contributed by atoms with van der Waals surface area (Å²) < 4.78 is 7.67. The Kier molecular flexibility index (Phi) is 7.65. The molecule has 1 saturated carbocycles. The van der Waals surface area contributed by atoms with Crippen molar-refractivity contribution in [2.75, 3.05) is 0 Å². The minimum Gasteiger partial charge on any atom is -0.309 e. The molecule has 2 nitrogen and oxygen atoms in total. The molecule has 0 saturated heterocycles. The van der Waals surface area contributed by atoms with Crippen LogP contribution in [0.1, 0.15) is 61.6 Å². The van der Waals surface area contributed by atoms with E-state index in [0.717, 1.165) is 12.8 Å². The van der Waals surface area contributed by atoms with Crippen LogP contribution in [-0.2, 0) is 5.41 Å². The van der Waals surface area contributed by atoms with Gasteiger partial charge in [0.05, 0.1) is 22.1 Å². The van der Waals surface area contributed by atoms with Crippen molar-refractivity contribution in [3.63, 3.8) is 0 Å². The molecular weight excluding hydrogens is 781 g/mol.